The predicted octanol–water partition coefficient (Wildman–Crippen LogP) is 3.17. The van der Waals surface area contributed by atoms with Crippen LogP contribution in [0.15, 0.2) is 59.7 Å². The number of nitrogens with zero attached hydrogens (tertiary/aromatic N) is 4. The highest BCUT2D eigenvalue weighted by Gasteiger charge is 2.36. The molecule has 6 nitrogen and oxygen atoms in total. The van der Waals surface area contributed by atoms with Gasteiger partial charge in [-0.15, -0.1) is 0 Å². The zero-order valence-electron chi connectivity index (χ0n) is 16.4. The quantitative estimate of drug-likeness (QED) is 0.736. The number of pyridine rings is 1. The minimum atomic E-state index is -0.919. The van der Waals surface area contributed by atoms with Gasteiger partial charge in [0.25, 0.3) is 5.56 Å². The fraction of sp³-hybridized carbons (Fsp3) is 0.318. The Morgan fingerprint density at radius 1 is 1.21 bits per heavy atom. The summed E-state index contributed by atoms with van der Waals surface area (Å²) in [5, 5.41) is 10.8. The molecule has 2 aromatic heterocycles. The van der Waals surface area contributed by atoms with E-state index in [1.54, 1.807) is 41.2 Å². The number of β-amino-alcohol motifs (C(OH)–C–C–N with tert-alkyl or cyclic N) is 1. The van der Waals surface area contributed by atoms with Crippen LogP contribution in [0.3, 0.4) is 0 Å². The van der Waals surface area contributed by atoms with Crippen molar-refractivity contribution in [3.63, 3.8) is 0 Å². The van der Waals surface area contributed by atoms with E-state index < -0.39 is 11.9 Å². The van der Waals surface area contributed by atoms with Crippen LogP contribution in [0.4, 0.5) is 10.3 Å². The Bertz CT molecular complexity index is 1080. The molecule has 0 saturated heterocycles. The number of aromatic nitrogens is 3. The lowest BCUT2D eigenvalue weighted by atomic mass is 9.95. The number of hydrogen-bond acceptors (Lipinski definition) is 5. The van der Waals surface area contributed by atoms with Gasteiger partial charge >= 0.3 is 0 Å². The van der Waals surface area contributed by atoms with Crippen LogP contribution in [-0.2, 0) is 6.54 Å². The Morgan fingerprint density at radius 2 is 1.97 bits per heavy atom. The molecule has 0 radical (unpaired) electrons. The molecule has 0 bridgehead atoms. The predicted molar refractivity (Wildman–Crippen MR) is 109 cm³/mol. The topological polar surface area (TPSA) is 71.2 Å². The Morgan fingerprint density at radius 3 is 2.69 bits per heavy atom. The normalized spacial score (nSPS) is 16.3. The van der Waals surface area contributed by atoms with Crippen molar-refractivity contribution < 1.29 is 9.50 Å². The van der Waals surface area contributed by atoms with Gasteiger partial charge in [-0.25, -0.2) is 9.37 Å². The molecule has 1 atom stereocenters. The molecule has 7 heteroatoms. The number of hydrogen-bond donors (Lipinski definition) is 1. The fourth-order valence-corrected chi connectivity index (χ4v) is 3.69. The SMILES string of the molecule is CC1(C)CCn2c(nc(-c3ccncc3)cc2=O)N1C[C@@H](O)c1cccc(F)c1. The monoisotopic (exact) mass is 394 g/mol. The van der Waals surface area contributed by atoms with E-state index in [0.29, 0.717) is 23.8 Å². The second-order valence-corrected chi connectivity index (χ2v) is 7.91. The number of aliphatic hydroxyl groups excluding tert-OH is 1. The maximum absolute atomic E-state index is 13.6. The van der Waals surface area contributed by atoms with Gasteiger partial charge < -0.3 is 10.0 Å². The van der Waals surface area contributed by atoms with E-state index in [1.165, 1.54) is 18.2 Å². The van der Waals surface area contributed by atoms with E-state index in [-0.39, 0.29) is 17.6 Å². The molecule has 1 aromatic carbocycles. The number of rotatable bonds is 4. The van der Waals surface area contributed by atoms with E-state index in [4.69, 9.17) is 4.98 Å². The molecule has 0 aliphatic carbocycles. The molecule has 0 amide bonds. The minimum absolute atomic E-state index is 0.137. The summed E-state index contributed by atoms with van der Waals surface area (Å²) in [6.45, 7) is 4.86. The van der Waals surface area contributed by atoms with Crippen molar-refractivity contribution in [1.82, 2.24) is 14.5 Å². The van der Waals surface area contributed by atoms with Crippen LogP contribution in [0, 0.1) is 5.82 Å². The summed E-state index contributed by atoms with van der Waals surface area (Å²) in [5.41, 5.74) is 1.39. The van der Waals surface area contributed by atoms with Crippen molar-refractivity contribution in [2.45, 2.75) is 38.5 Å². The van der Waals surface area contributed by atoms with Gasteiger partial charge in [0.2, 0.25) is 5.95 Å². The van der Waals surface area contributed by atoms with E-state index in [0.717, 1.165) is 12.0 Å². The van der Waals surface area contributed by atoms with Gasteiger partial charge in [-0.1, -0.05) is 12.1 Å². The molecule has 1 aliphatic heterocycles. The van der Waals surface area contributed by atoms with Gasteiger partial charge in [0.1, 0.15) is 5.82 Å². The van der Waals surface area contributed by atoms with Crippen molar-refractivity contribution >= 4 is 5.95 Å². The number of fused-ring (bicyclic) bond motifs is 1. The Hall–Kier alpha value is -3.06. The first-order chi connectivity index (χ1) is 13.8. The molecule has 0 fully saturated rings. The largest absolute Gasteiger partial charge is 0.387 e. The van der Waals surface area contributed by atoms with Crippen molar-refractivity contribution in [1.29, 1.82) is 0 Å². The van der Waals surface area contributed by atoms with Gasteiger partial charge in [0.05, 0.1) is 18.3 Å². The summed E-state index contributed by atoms with van der Waals surface area (Å²) in [6.07, 6.45) is 3.12. The molecule has 150 valence electrons. The summed E-state index contributed by atoms with van der Waals surface area (Å²) in [7, 11) is 0. The third kappa shape index (κ3) is 3.78. The van der Waals surface area contributed by atoms with Crippen molar-refractivity contribution in [3.8, 4) is 11.3 Å². The molecular formula is C22H23FN4O2. The van der Waals surface area contributed by atoms with Crippen molar-refractivity contribution in [2.75, 3.05) is 11.4 Å². The summed E-state index contributed by atoms with van der Waals surface area (Å²) < 4.78 is 15.2. The minimum Gasteiger partial charge on any atom is -0.387 e. The average Bonchev–Trinajstić information content (AvgIpc) is 2.70. The fourth-order valence-electron chi connectivity index (χ4n) is 3.69. The number of aliphatic hydroxyl groups is 1. The first-order valence-electron chi connectivity index (χ1n) is 9.59. The molecular weight excluding hydrogens is 371 g/mol. The zero-order chi connectivity index (χ0) is 20.6. The van der Waals surface area contributed by atoms with E-state index in [1.807, 2.05) is 4.90 Å². The van der Waals surface area contributed by atoms with Gasteiger partial charge in [-0.05, 0) is 50.1 Å². The lowest BCUT2D eigenvalue weighted by molar-refractivity contribution is 0.168. The molecule has 0 unspecified atom stereocenters. The van der Waals surface area contributed by atoms with Crippen LogP contribution in [0.25, 0.3) is 11.3 Å². The van der Waals surface area contributed by atoms with Gasteiger partial charge in [-0.3, -0.25) is 14.3 Å². The van der Waals surface area contributed by atoms with Crippen LogP contribution in [0.2, 0.25) is 0 Å². The zero-order valence-corrected chi connectivity index (χ0v) is 16.4. The second kappa shape index (κ2) is 7.40. The Labute approximate surface area is 168 Å². The number of halogens is 1. The van der Waals surface area contributed by atoms with Gasteiger partial charge in [0.15, 0.2) is 0 Å². The lowest BCUT2D eigenvalue weighted by Gasteiger charge is -2.45. The summed E-state index contributed by atoms with van der Waals surface area (Å²) >= 11 is 0. The van der Waals surface area contributed by atoms with E-state index in [2.05, 4.69) is 18.8 Å². The van der Waals surface area contributed by atoms with E-state index >= 15 is 0 Å². The van der Waals surface area contributed by atoms with Crippen LogP contribution < -0.4 is 10.5 Å². The first kappa shape index (κ1) is 19.3. The highest BCUT2D eigenvalue weighted by Crippen LogP contribution is 2.33. The van der Waals surface area contributed by atoms with Crippen LogP contribution in [0.5, 0.6) is 0 Å². The third-order valence-corrected chi connectivity index (χ3v) is 5.47. The Balaban J connectivity index is 1.76. The Kier molecular flexibility index (Phi) is 4.92. The lowest BCUT2D eigenvalue weighted by Crippen LogP contribution is -2.53. The maximum atomic E-state index is 13.6. The van der Waals surface area contributed by atoms with E-state index in [9.17, 15) is 14.3 Å². The molecule has 1 aliphatic rings. The second-order valence-electron chi connectivity index (χ2n) is 7.91. The summed E-state index contributed by atoms with van der Waals surface area (Å²) in [6, 6.07) is 11.1. The van der Waals surface area contributed by atoms with Crippen LogP contribution in [0.1, 0.15) is 31.9 Å². The van der Waals surface area contributed by atoms with Crippen molar-refractivity contribution in [2.24, 2.45) is 0 Å². The molecule has 0 spiro atoms. The molecule has 1 N–H and O–H groups in total. The molecule has 4 rings (SSSR count). The third-order valence-electron chi connectivity index (χ3n) is 5.47. The number of benzene rings is 1. The number of anilines is 1. The molecule has 3 aromatic rings. The average molecular weight is 394 g/mol. The van der Waals surface area contributed by atoms with Crippen molar-refractivity contribution in [3.05, 3.63) is 76.6 Å². The molecule has 3 heterocycles. The highest BCUT2D eigenvalue weighted by atomic mass is 19.1. The molecule has 0 saturated carbocycles. The maximum Gasteiger partial charge on any atom is 0.255 e. The smallest absolute Gasteiger partial charge is 0.255 e. The van der Waals surface area contributed by atoms with Gasteiger partial charge in [0, 0.05) is 36.1 Å². The van der Waals surface area contributed by atoms with Crippen LogP contribution in [-0.4, -0.2) is 31.7 Å². The summed E-state index contributed by atoms with van der Waals surface area (Å²) in [4.78, 5) is 23.5. The standard InChI is InChI=1S/C22H23FN4O2/c1-22(2)8-11-26-20(29)13-18(15-6-9-24-10-7-15)25-21(26)27(22)14-19(28)16-4-3-5-17(23)12-16/h3-7,9-10,12-13,19,28H,8,11,14H2,1-2H3/t19-/m1/s1. The van der Waals surface area contributed by atoms with Crippen LogP contribution >= 0.6 is 0 Å². The van der Waals surface area contributed by atoms with Gasteiger partial charge in [-0.2, -0.15) is 0 Å². The summed E-state index contributed by atoms with van der Waals surface area (Å²) in [5.74, 6) is 0.116. The molecule has 29 heavy (non-hydrogen) atoms. The first-order valence-corrected chi connectivity index (χ1v) is 9.59. The highest BCUT2D eigenvalue weighted by molar-refractivity contribution is 5.60.